The van der Waals surface area contributed by atoms with Crippen LogP contribution in [0.2, 0.25) is 5.04 Å². The molecule has 0 radical (unpaired) electrons. The monoisotopic (exact) mass is 506 g/mol. The van der Waals surface area contributed by atoms with Crippen LogP contribution in [0, 0.1) is 23.7 Å². The van der Waals surface area contributed by atoms with Gasteiger partial charge >= 0.3 is 0 Å². The van der Waals surface area contributed by atoms with Crippen LogP contribution in [-0.4, -0.2) is 27.1 Å². The molecule has 3 heteroatoms. The van der Waals surface area contributed by atoms with Crippen molar-refractivity contribution in [2.24, 2.45) is 23.7 Å². The Kier molecular flexibility index (Phi) is 10.2. The summed E-state index contributed by atoms with van der Waals surface area (Å²) in [4.78, 5) is 0. The minimum absolute atomic E-state index is 0.00533. The molecule has 198 valence electrons. The Bertz CT molecular complexity index is 892. The molecule has 36 heavy (non-hydrogen) atoms. The van der Waals surface area contributed by atoms with E-state index in [0.29, 0.717) is 23.7 Å². The van der Waals surface area contributed by atoms with Crippen molar-refractivity contribution in [2.45, 2.75) is 91.9 Å². The molecule has 0 aliphatic carbocycles. The predicted molar refractivity (Wildman–Crippen MR) is 158 cm³/mol. The summed E-state index contributed by atoms with van der Waals surface area (Å²) < 4.78 is 14.2. The molecule has 3 rings (SSSR count). The SMILES string of the molecule is CC[C@@H](CO[Si](c1ccccc1)(c1ccccc1)C(C)(C)C)[C@H]1CC[C@H](C)[C@@H](C(C)/C=C/C(C)C)O1. The fraction of sp³-hybridized carbons (Fsp3) is 0.576. The molecular formula is C33H50O2Si. The lowest BCUT2D eigenvalue weighted by atomic mass is 9.83. The quantitative estimate of drug-likeness (QED) is 0.244. The summed E-state index contributed by atoms with van der Waals surface area (Å²) in [5.41, 5.74) is 0. The largest absolute Gasteiger partial charge is 0.407 e. The standard InChI is InChI=1S/C33H50O2Si/c1-9-28(31-23-22-27(5)32(35-31)26(4)21-20-25(2)3)24-34-36(33(6,7)8,29-16-12-10-13-17-29)30-18-14-11-15-19-30/h10-21,25-28,31-32H,9,22-24H2,1-8H3/b21-20+/t26?,27-,28-,31+,32+/m0/s1. The summed E-state index contributed by atoms with van der Waals surface area (Å²) in [7, 11) is -2.54. The Hall–Kier alpha value is -1.68. The maximum absolute atomic E-state index is 7.32. The molecule has 0 aromatic heterocycles. The van der Waals surface area contributed by atoms with Crippen LogP contribution in [0.15, 0.2) is 72.8 Å². The van der Waals surface area contributed by atoms with Gasteiger partial charge in [0.1, 0.15) is 0 Å². The van der Waals surface area contributed by atoms with Crippen molar-refractivity contribution in [3.8, 4) is 0 Å². The third-order valence-corrected chi connectivity index (χ3v) is 13.1. The van der Waals surface area contributed by atoms with E-state index >= 15 is 0 Å². The summed E-state index contributed by atoms with van der Waals surface area (Å²) >= 11 is 0. The van der Waals surface area contributed by atoms with Crippen LogP contribution in [0.5, 0.6) is 0 Å². The second kappa shape index (κ2) is 12.7. The molecule has 0 spiro atoms. The van der Waals surface area contributed by atoms with Gasteiger partial charge < -0.3 is 9.16 Å². The molecule has 1 fully saturated rings. The van der Waals surface area contributed by atoms with E-state index in [9.17, 15) is 0 Å². The summed E-state index contributed by atoms with van der Waals surface area (Å²) in [6.45, 7) is 19.3. The molecule has 2 nitrogen and oxygen atoms in total. The summed E-state index contributed by atoms with van der Waals surface area (Å²) in [6, 6.07) is 22.0. The van der Waals surface area contributed by atoms with E-state index in [0.717, 1.165) is 19.4 Å². The van der Waals surface area contributed by atoms with Crippen molar-refractivity contribution < 1.29 is 9.16 Å². The van der Waals surface area contributed by atoms with Gasteiger partial charge in [-0.15, -0.1) is 0 Å². The molecule has 2 aromatic carbocycles. The third-order valence-electron chi connectivity index (χ3n) is 8.10. The minimum atomic E-state index is -2.54. The topological polar surface area (TPSA) is 18.5 Å². The zero-order valence-corrected chi connectivity index (χ0v) is 25.0. The number of hydrogen-bond donors (Lipinski definition) is 0. The molecule has 0 N–H and O–H groups in total. The van der Waals surface area contributed by atoms with E-state index in [1.807, 2.05) is 0 Å². The Balaban J connectivity index is 1.88. The van der Waals surface area contributed by atoms with Crippen molar-refractivity contribution in [2.75, 3.05) is 6.61 Å². The first kappa shape index (κ1) is 28.9. The van der Waals surface area contributed by atoms with Gasteiger partial charge in [-0.1, -0.05) is 128 Å². The van der Waals surface area contributed by atoms with Crippen molar-refractivity contribution >= 4 is 18.7 Å². The van der Waals surface area contributed by atoms with Crippen molar-refractivity contribution in [1.82, 2.24) is 0 Å². The molecule has 1 unspecified atom stereocenters. The second-order valence-corrected chi connectivity index (χ2v) is 16.6. The maximum atomic E-state index is 7.32. The lowest BCUT2D eigenvalue weighted by Crippen LogP contribution is -2.67. The smallest absolute Gasteiger partial charge is 0.261 e. The highest BCUT2D eigenvalue weighted by Gasteiger charge is 2.50. The van der Waals surface area contributed by atoms with Crippen LogP contribution in [0.1, 0.15) is 74.7 Å². The lowest BCUT2D eigenvalue weighted by molar-refractivity contribution is -0.122. The lowest BCUT2D eigenvalue weighted by Gasteiger charge is -2.45. The van der Waals surface area contributed by atoms with Crippen molar-refractivity contribution in [3.05, 3.63) is 72.8 Å². The highest BCUT2D eigenvalue weighted by Crippen LogP contribution is 2.39. The van der Waals surface area contributed by atoms with Gasteiger partial charge in [0.2, 0.25) is 0 Å². The minimum Gasteiger partial charge on any atom is -0.407 e. The van der Waals surface area contributed by atoms with E-state index in [1.165, 1.54) is 16.8 Å². The van der Waals surface area contributed by atoms with Gasteiger partial charge in [0.05, 0.1) is 12.2 Å². The van der Waals surface area contributed by atoms with Crippen LogP contribution in [0.3, 0.4) is 0 Å². The number of rotatable bonds is 10. The number of hydrogen-bond acceptors (Lipinski definition) is 2. The average molecular weight is 507 g/mol. The van der Waals surface area contributed by atoms with Crippen LogP contribution >= 0.6 is 0 Å². The number of ether oxygens (including phenoxy) is 1. The first-order valence-electron chi connectivity index (χ1n) is 14.2. The van der Waals surface area contributed by atoms with Gasteiger partial charge in [-0.2, -0.15) is 0 Å². The first-order valence-corrected chi connectivity index (χ1v) is 16.1. The van der Waals surface area contributed by atoms with Gasteiger partial charge in [0.15, 0.2) is 0 Å². The van der Waals surface area contributed by atoms with Gasteiger partial charge in [0, 0.05) is 18.4 Å². The Morgan fingerprint density at radius 2 is 1.47 bits per heavy atom. The van der Waals surface area contributed by atoms with Crippen LogP contribution < -0.4 is 10.4 Å². The number of benzene rings is 2. The van der Waals surface area contributed by atoms with Gasteiger partial charge in [-0.3, -0.25) is 0 Å². The van der Waals surface area contributed by atoms with Crippen LogP contribution in [-0.2, 0) is 9.16 Å². The fourth-order valence-corrected chi connectivity index (χ4v) is 10.6. The molecule has 1 aliphatic heterocycles. The Morgan fingerprint density at radius 1 is 0.917 bits per heavy atom. The highest BCUT2D eigenvalue weighted by molar-refractivity contribution is 6.99. The molecular weight excluding hydrogens is 456 g/mol. The first-order chi connectivity index (χ1) is 17.1. The molecule has 0 saturated carbocycles. The van der Waals surface area contributed by atoms with E-state index in [-0.39, 0.29) is 17.2 Å². The molecule has 5 atom stereocenters. The average Bonchev–Trinajstić information content (AvgIpc) is 2.86. The van der Waals surface area contributed by atoms with Gasteiger partial charge in [-0.25, -0.2) is 0 Å². The zero-order chi connectivity index (χ0) is 26.3. The zero-order valence-electron chi connectivity index (χ0n) is 24.0. The van der Waals surface area contributed by atoms with Gasteiger partial charge in [0.25, 0.3) is 8.32 Å². The Labute approximate surface area is 222 Å². The molecule has 1 heterocycles. The molecule has 1 aliphatic rings. The van der Waals surface area contributed by atoms with Crippen LogP contribution in [0.4, 0.5) is 0 Å². The Morgan fingerprint density at radius 3 is 1.94 bits per heavy atom. The van der Waals surface area contributed by atoms with E-state index in [2.05, 4.69) is 128 Å². The molecule has 2 aromatic rings. The highest BCUT2D eigenvalue weighted by atomic mass is 28.4. The normalized spacial score (nSPS) is 23.2. The maximum Gasteiger partial charge on any atom is 0.261 e. The summed E-state index contributed by atoms with van der Waals surface area (Å²) in [5.74, 6) is 1.98. The summed E-state index contributed by atoms with van der Waals surface area (Å²) in [5, 5.41) is 2.69. The fourth-order valence-electron chi connectivity index (χ4n) is 5.97. The van der Waals surface area contributed by atoms with Crippen LogP contribution in [0.25, 0.3) is 0 Å². The van der Waals surface area contributed by atoms with Crippen molar-refractivity contribution in [3.63, 3.8) is 0 Å². The van der Waals surface area contributed by atoms with E-state index in [4.69, 9.17) is 9.16 Å². The molecule has 1 saturated heterocycles. The second-order valence-electron chi connectivity index (χ2n) is 12.3. The summed E-state index contributed by atoms with van der Waals surface area (Å²) in [6.07, 6.45) is 8.65. The number of allylic oxidation sites excluding steroid dienone is 1. The van der Waals surface area contributed by atoms with E-state index < -0.39 is 8.32 Å². The molecule has 0 amide bonds. The third kappa shape index (κ3) is 6.60. The van der Waals surface area contributed by atoms with E-state index in [1.54, 1.807) is 0 Å². The van der Waals surface area contributed by atoms with Gasteiger partial charge in [-0.05, 0) is 46.5 Å². The predicted octanol–water partition coefficient (Wildman–Crippen LogP) is 7.62. The van der Waals surface area contributed by atoms with Crippen molar-refractivity contribution in [1.29, 1.82) is 0 Å². The molecule has 0 bridgehead atoms.